The second-order valence-corrected chi connectivity index (χ2v) is 4.85. The summed E-state index contributed by atoms with van der Waals surface area (Å²) in [6, 6.07) is 1.60. The number of hydrogen-bond donors (Lipinski definition) is 1. The van der Waals surface area contributed by atoms with Gasteiger partial charge in [-0.1, -0.05) is 20.8 Å². The Hall–Kier alpha value is -0.860. The quantitative estimate of drug-likeness (QED) is 0.838. The van der Waals surface area contributed by atoms with Crippen molar-refractivity contribution < 1.29 is 4.42 Å². The molecule has 0 aliphatic carbocycles. The van der Waals surface area contributed by atoms with E-state index >= 15 is 0 Å². The maximum Gasteiger partial charge on any atom is 0.214 e. The first kappa shape index (κ1) is 11.2. The summed E-state index contributed by atoms with van der Waals surface area (Å²) >= 11 is 3.11. The molecular weight excluding hydrogens is 246 g/mol. The molecule has 0 radical (unpaired) electrons. The Kier molecular flexibility index (Phi) is 2.98. The smallest absolute Gasteiger partial charge is 0.214 e. The highest BCUT2D eigenvalue weighted by Gasteiger charge is 2.27. The molecule has 0 bridgehead atoms. The zero-order valence-electron chi connectivity index (χ0n) is 8.34. The molecule has 2 N–H and O–H groups in total. The lowest BCUT2D eigenvalue weighted by molar-refractivity contribution is 0.274. The van der Waals surface area contributed by atoms with Gasteiger partial charge in [0.1, 0.15) is 6.07 Å². The van der Waals surface area contributed by atoms with E-state index in [9.17, 15) is 0 Å². The predicted octanol–water partition coefficient (Wildman–Crippen LogP) is 2.35. The van der Waals surface area contributed by atoms with Crippen LogP contribution in [0.5, 0.6) is 0 Å². The predicted molar refractivity (Wildman–Crippen MR) is 55.3 cm³/mol. The number of nitrogens with zero attached hydrogens (tertiary/aromatic N) is 2. The highest BCUT2D eigenvalue weighted by Crippen LogP contribution is 2.31. The minimum atomic E-state index is -0.319. The third-order valence-electron chi connectivity index (χ3n) is 1.91. The number of aromatic nitrogens is 1. The van der Waals surface area contributed by atoms with Gasteiger partial charge in [0.05, 0.1) is 6.04 Å². The summed E-state index contributed by atoms with van der Waals surface area (Å²) < 4.78 is 5.59. The zero-order valence-corrected chi connectivity index (χ0v) is 9.92. The van der Waals surface area contributed by atoms with E-state index in [-0.39, 0.29) is 17.2 Å². The Labute approximate surface area is 91.2 Å². The molecule has 1 atom stereocenters. The highest BCUT2D eigenvalue weighted by atomic mass is 79.9. The molecular formula is C9H12BrN3O. The molecule has 0 aromatic carbocycles. The van der Waals surface area contributed by atoms with E-state index in [1.165, 1.54) is 0 Å². The fourth-order valence-electron chi connectivity index (χ4n) is 0.890. The van der Waals surface area contributed by atoms with Crippen LogP contribution < -0.4 is 5.73 Å². The van der Waals surface area contributed by atoms with Crippen LogP contribution in [-0.2, 0) is 0 Å². The number of nitriles is 1. The molecule has 1 aromatic rings. The number of hydrogen-bond acceptors (Lipinski definition) is 4. The number of nitrogens with two attached hydrogens (primary N) is 1. The molecule has 1 aromatic heterocycles. The molecule has 0 aliphatic heterocycles. The van der Waals surface area contributed by atoms with Gasteiger partial charge in [-0.05, 0) is 21.3 Å². The standard InChI is InChI=1S/C9H12BrN3O/c1-9(2,3)6(12)8-13-5(4-11)7(10)14-8/h6H,12H2,1-3H3/t6-/m1/s1. The van der Waals surface area contributed by atoms with E-state index in [2.05, 4.69) is 20.9 Å². The van der Waals surface area contributed by atoms with Gasteiger partial charge in [-0.3, -0.25) is 0 Å². The van der Waals surface area contributed by atoms with Gasteiger partial charge in [0.15, 0.2) is 5.69 Å². The third-order valence-corrected chi connectivity index (χ3v) is 2.44. The van der Waals surface area contributed by atoms with E-state index < -0.39 is 0 Å². The monoisotopic (exact) mass is 257 g/mol. The number of halogens is 1. The topological polar surface area (TPSA) is 75.8 Å². The van der Waals surface area contributed by atoms with Crippen LogP contribution in [0.25, 0.3) is 0 Å². The Bertz CT molecular complexity index is 372. The van der Waals surface area contributed by atoms with Gasteiger partial charge in [-0.2, -0.15) is 5.26 Å². The first-order valence-electron chi connectivity index (χ1n) is 4.18. The van der Waals surface area contributed by atoms with Gasteiger partial charge < -0.3 is 10.2 Å². The summed E-state index contributed by atoms with van der Waals surface area (Å²) in [7, 11) is 0. The average Bonchev–Trinajstić information content (AvgIpc) is 2.43. The van der Waals surface area contributed by atoms with Crippen LogP contribution in [0.2, 0.25) is 0 Å². The first-order valence-corrected chi connectivity index (χ1v) is 4.97. The molecule has 1 rings (SSSR count). The normalized spacial score (nSPS) is 13.7. The zero-order chi connectivity index (χ0) is 10.9. The largest absolute Gasteiger partial charge is 0.431 e. The van der Waals surface area contributed by atoms with E-state index in [1.807, 2.05) is 26.8 Å². The molecule has 14 heavy (non-hydrogen) atoms. The molecule has 0 saturated carbocycles. The van der Waals surface area contributed by atoms with Crippen LogP contribution in [0.3, 0.4) is 0 Å². The second kappa shape index (κ2) is 3.71. The lowest BCUT2D eigenvalue weighted by Crippen LogP contribution is -2.26. The van der Waals surface area contributed by atoms with Gasteiger partial charge in [0.25, 0.3) is 0 Å². The second-order valence-electron chi connectivity index (χ2n) is 4.13. The van der Waals surface area contributed by atoms with Crippen molar-refractivity contribution in [1.29, 1.82) is 5.26 Å². The number of rotatable bonds is 1. The van der Waals surface area contributed by atoms with Gasteiger partial charge in [-0.15, -0.1) is 0 Å². The Morgan fingerprint density at radius 1 is 1.57 bits per heavy atom. The van der Waals surface area contributed by atoms with Crippen LogP contribution in [0.15, 0.2) is 9.09 Å². The summed E-state index contributed by atoms with van der Waals surface area (Å²) in [6.07, 6.45) is 0. The van der Waals surface area contributed by atoms with Crippen molar-refractivity contribution in [2.24, 2.45) is 11.1 Å². The fraction of sp³-hybridized carbons (Fsp3) is 0.556. The van der Waals surface area contributed by atoms with Crippen LogP contribution in [0.1, 0.15) is 38.4 Å². The highest BCUT2D eigenvalue weighted by molar-refractivity contribution is 9.10. The van der Waals surface area contributed by atoms with Crippen LogP contribution >= 0.6 is 15.9 Å². The van der Waals surface area contributed by atoms with Crippen molar-refractivity contribution in [2.45, 2.75) is 26.8 Å². The summed E-state index contributed by atoms with van der Waals surface area (Å²) in [5, 5.41) is 8.67. The SMILES string of the molecule is CC(C)(C)[C@H](N)c1nc(C#N)c(Br)o1. The van der Waals surface area contributed by atoms with E-state index in [0.29, 0.717) is 10.6 Å². The van der Waals surface area contributed by atoms with Crippen molar-refractivity contribution in [1.82, 2.24) is 4.98 Å². The summed E-state index contributed by atoms with van der Waals surface area (Å²) in [5.74, 6) is 0.390. The molecule has 5 heteroatoms. The summed E-state index contributed by atoms with van der Waals surface area (Å²) in [6.45, 7) is 5.96. The lowest BCUT2D eigenvalue weighted by atomic mass is 9.87. The lowest BCUT2D eigenvalue weighted by Gasteiger charge is -2.23. The van der Waals surface area contributed by atoms with Crippen molar-refractivity contribution >= 4 is 15.9 Å². The fourth-order valence-corrected chi connectivity index (χ4v) is 1.23. The van der Waals surface area contributed by atoms with E-state index in [1.54, 1.807) is 0 Å². The maximum absolute atomic E-state index is 8.67. The molecule has 0 aliphatic rings. The van der Waals surface area contributed by atoms with Crippen molar-refractivity contribution in [3.8, 4) is 6.07 Å². The van der Waals surface area contributed by atoms with Crippen molar-refractivity contribution in [2.75, 3.05) is 0 Å². The summed E-state index contributed by atoms with van der Waals surface area (Å²) in [5.41, 5.74) is 6.02. The Morgan fingerprint density at radius 2 is 2.14 bits per heavy atom. The Balaban J connectivity index is 3.05. The van der Waals surface area contributed by atoms with Gasteiger partial charge in [0, 0.05) is 0 Å². The van der Waals surface area contributed by atoms with Gasteiger partial charge in [0.2, 0.25) is 10.6 Å². The molecule has 0 saturated heterocycles. The van der Waals surface area contributed by atoms with Crippen LogP contribution in [0, 0.1) is 16.7 Å². The van der Waals surface area contributed by atoms with Crippen LogP contribution in [-0.4, -0.2) is 4.98 Å². The Morgan fingerprint density at radius 3 is 2.50 bits per heavy atom. The van der Waals surface area contributed by atoms with Crippen LogP contribution in [0.4, 0.5) is 0 Å². The minimum absolute atomic E-state index is 0.142. The van der Waals surface area contributed by atoms with Crippen molar-refractivity contribution in [3.05, 3.63) is 16.3 Å². The summed E-state index contributed by atoms with van der Waals surface area (Å²) in [4.78, 5) is 4.00. The van der Waals surface area contributed by atoms with E-state index in [0.717, 1.165) is 0 Å². The minimum Gasteiger partial charge on any atom is -0.431 e. The molecule has 1 heterocycles. The average molecular weight is 258 g/mol. The number of oxazole rings is 1. The molecule has 76 valence electrons. The molecule has 0 unspecified atom stereocenters. The van der Waals surface area contributed by atoms with Gasteiger partial charge >= 0.3 is 0 Å². The molecule has 0 amide bonds. The molecule has 0 spiro atoms. The third kappa shape index (κ3) is 2.14. The molecule has 0 fully saturated rings. The van der Waals surface area contributed by atoms with E-state index in [4.69, 9.17) is 15.4 Å². The maximum atomic E-state index is 8.67. The first-order chi connectivity index (χ1) is 6.36. The molecule has 4 nitrogen and oxygen atoms in total. The van der Waals surface area contributed by atoms with Crippen molar-refractivity contribution in [3.63, 3.8) is 0 Å². The van der Waals surface area contributed by atoms with Gasteiger partial charge in [-0.25, -0.2) is 4.98 Å².